The lowest BCUT2D eigenvalue weighted by molar-refractivity contribution is -0.113. The van der Waals surface area contributed by atoms with Crippen molar-refractivity contribution in [2.24, 2.45) is 0 Å². The van der Waals surface area contributed by atoms with E-state index in [2.05, 4.69) is 22.1 Å². The van der Waals surface area contributed by atoms with Gasteiger partial charge in [0.15, 0.2) is 16.8 Å². The minimum absolute atomic E-state index is 0.0622. The number of nitrogens with one attached hydrogen (secondary N) is 1. The second kappa shape index (κ2) is 9.93. The summed E-state index contributed by atoms with van der Waals surface area (Å²) in [7, 11) is 0. The van der Waals surface area contributed by atoms with Gasteiger partial charge in [-0.3, -0.25) is 14.2 Å². The van der Waals surface area contributed by atoms with Crippen molar-refractivity contribution in [2.75, 3.05) is 11.1 Å². The molecule has 0 atom stereocenters. The largest absolute Gasteiger partial charge is 0.325 e. The number of benzene rings is 2. The molecule has 2 aromatic carbocycles. The highest BCUT2D eigenvalue weighted by molar-refractivity contribution is 7.99. The topological polar surface area (TPSA) is 76.9 Å². The number of carbonyl (C=O) groups is 2. The van der Waals surface area contributed by atoms with Gasteiger partial charge in [0, 0.05) is 23.4 Å². The molecule has 0 saturated heterocycles. The van der Waals surface area contributed by atoms with Crippen LogP contribution < -0.4 is 5.32 Å². The Morgan fingerprint density at radius 3 is 2.67 bits per heavy atom. The van der Waals surface area contributed by atoms with E-state index in [1.54, 1.807) is 48.5 Å². The number of hydrogen-bond donors (Lipinski definition) is 1. The predicted octanol–water partition coefficient (Wildman–Crippen LogP) is 5.37. The summed E-state index contributed by atoms with van der Waals surface area (Å²) < 4.78 is 1.85. The number of Topliss-reactive ketones (excluding diaryl/α,β-unsaturated/α-hetero) is 1. The summed E-state index contributed by atoms with van der Waals surface area (Å²) in [5, 5.41) is 12.7. The van der Waals surface area contributed by atoms with Crippen molar-refractivity contribution in [1.29, 1.82) is 0 Å². The monoisotopic (exact) mass is 460 g/mol. The molecule has 1 amide bonds. The van der Waals surface area contributed by atoms with E-state index in [1.807, 2.05) is 4.57 Å². The van der Waals surface area contributed by atoms with E-state index < -0.39 is 0 Å². The lowest BCUT2D eigenvalue weighted by atomic mass is 10.1. The molecule has 0 aliphatic rings. The third-order valence-electron chi connectivity index (χ3n) is 4.09. The van der Waals surface area contributed by atoms with Crippen LogP contribution in [0.25, 0.3) is 11.4 Å². The first-order valence-electron chi connectivity index (χ1n) is 8.92. The molecule has 0 bridgehead atoms. The molecule has 6 nitrogen and oxygen atoms in total. The first kappa shape index (κ1) is 22.1. The van der Waals surface area contributed by atoms with Crippen molar-refractivity contribution in [3.63, 3.8) is 0 Å². The Morgan fingerprint density at radius 2 is 1.97 bits per heavy atom. The summed E-state index contributed by atoms with van der Waals surface area (Å²) in [5.74, 6) is 0.448. The zero-order chi connectivity index (χ0) is 21.7. The first-order chi connectivity index (χ1) is 14.4. The van der Waals surface area contributed by atoms with Crippen molar-refractivity contribution in [2.45, 2.75) is 18.6 Å². The molecule has 0 radical (unpaired) electrons. The van der Waals surface area contributed by atoms with Gasteiger partial charge in [0.25, 0.3) is 0 Å². The number of hydrogen-bond acceptors (Lipinski definition) is 5. The van der Waals surface area contributed by atoms with E-state index in [9.17, 15) is 9.59 Å². The van der Waals surface area contributed by atoms with Crippen molar-refractivity contribution in [1.82, 2.24) is 14.8 Å². The maximum atomic E-state index is 12.4. The molecular weight excluding hydrogens is 443 g/mol. The SMILES string of the molecule is C=CCn1c(SCC(=O)Nc2cccc(C(C)=O)c2)nnc1-c1ccc(Cl)c(Cl)c1. The summed E-state index contributed by atoms with van der Waals surface area (Å²) in [6, 6.07) is 12.0. The third-order valence-corrected chi connectivity index (χ3v) is 5.80. The molecule has 30 heavy (non-hydrogen) atoms. The molecule has 0 fully saturated rings. The van der Waals surface area contributed by atoms with Crippen LogP contribution in [0.1, 0.15) is 17.3 Å². The van der Waals surface area contributed by atoms with Crippen LogP contribution in [0.15, 0.2) is 60.3 Å². The highest BCUT2D eigenvalue weighted by Gasteiger charge is 2.16. The second-order valence-corrected chi connectivity index (χ2v) is 8.07. The molecule has 1 aromatic heterocycles. The van der Waals surface area contributed by atoms with Gasteiger partial charge in [0.2, 0.25) is 5.91 Å². The normalized spacial score (nSPS) is 10.6. The van der Waals surface area contributed by atoms with Gasteiger partial charge in [-0.05, 0) is 37.3 Å². The number of ketones is 1. The zero-order valence-electron chi connectivity index (χ0n) is 16.1. The molecule has 0 spiro atoms. The van der Waals surface area contributed by atoms with E-state index in [4.69, 9.17) is 23.2 Å². The van der Waals surface area contributed by atoms with Crippen LogP contribution in [0.3, 0.4) is 0 Å². The minimum Gasteiger partial charge on any atom is -0.325 e. The van der Waals surface area contributed by atoms with Crippen LogP contribution in [0.4, 0.5) is 5.69 Å². The first-order valence-corrected chi connectivity index (χ1v) is 10.7. The predicted molar refractivity (Wildman–Crippen MR) is 121 cm³/mol. The van der Waals surface area contributed by atoms with Gasteiger partial charge in [0.1, 0.15) is 0 Å². The lowest BCUT2D eigenvalue weighted by Gasteiger charge is -2.09. The maximum Gasteiger partial charge on any atom is 0.234 e. The zero-order valence-corrected chi connectivity index (χ0v) is 18.4. The Balaban J connectivity index is 1.73. The van der Waals surface area contributed by atoms with E-state index in [0.29, 0.717) is 38.8 Å². The van der Waals surface area contributed by atoms with Crippen molar-refractivity contribution in [3.8, 4) is 11.4 Å². The standard InChI is InChI=1S/C21H18Cl2N4O2S/c1-3-9-27-20(15-7-8-17(22)18(23)11-15)25-26-21(27)30-12-19(29)24-16-6-4-5-14(10-16)13(2)28/h3-8,10-11H,1,9,12H2,2H3,(H,24,29). The smallest absolute Gasteiger partial charge is 0.234 e. The molecule has 1 N–H and O–H groups in total. The molecule has 0 saturated carbocycles. The van der Waals surface area contributed by atoms with Gasteiger partial charge < -0.3 is 5.32 Å². The van der Waals surface area contributed by atoms with Crippen LogP contribution >= 0.6 is 35.0 Å². The highest BCUT2D eigenvalue weighted by Crippen LogP contribution is 2.29. The second-order valence-electron chi connectivity index (χ2n) is 6.31. The number of aromatic nitrogens is 3. The fourth-order valence-electron chi connectivity index (χ4n) is 2.68. The third kappa shape index (κ3) is 5.30. The summed E-state index contributed by atoms with van der Waals surface area (Å²) in [4.78, 5) is 23.9. The maximum absolute atomic E-state index is 12.4. The Hall–Kier alpha value is -2.61. The van der Waals surface area contributed by atoms with E-state index in [-0.39, 0.29) is 17.4 Å². The summed E-state index contributed by atoms with van der Waals surface area (Å²) in [5.41, 5.74) is 1.87. The highest BCUT2D eigenvalue weighted by atomic mass is 35.5. The molecule has 3 rings (SSSR count). The molecule has 1 heterocycles. The van der Waals surface area contributed by atoms with Crippen LogP contribution in [0.5, 0.6) is 0 Å². The molecule has 3 aromatic rings. The number of nitrogens with zero attached hydrogens (tertiary/aromatic N) is 3. The van der Waals surface area contributed by atoms with Crippen LogP contribution in [0.2, 0.25) is 10.0 Å². The average Bonchev–Trinajstić information content (AvgIpc) is 3.11. The van der Waals surface area contributed by atoms with E-state index in [1.165, 1.54) is 18.7 Å². The molecule has 0 aliphatic carbocycles. The average molecular weight is 461 g/mol. The van der Waals surface area contributed by atoms with Gasteiger partial charge in [-0.15, -0.1) is 16.8 Å². The van der Waals surface area contributed by atoms with Gasteiger partial charge >= 0.3 is 0 Å². The molecule has 0 unspecified atom stereocenters. The Labute approximate surface area is 188 Å². The van der Waals surface area contributed by atoms with E-state index >= 15 is 0 Å². The van der Waals surface area contributed by atoms with E-state index in [0.717, 1.165) is 5.56 Å². The molecule has 154 valence electrons. The summed E-state index contributed by atoms with van der Waals surface area (Å²) >= 11 is 13.4. The van der Waals surface area contributed by atoms with Crippen LogP contribution in [-0.2, 0) is 11.3 Å². The fourth-order valence-corrected chi connectivity index (χ4v) is 3.73. The number of amides is 1. The number of rotatable bonds is 8. The quantitative estimate of drug-likeness (QED) is 0.277. The molecule has 0 aliphatic heterocycles. The minimum atomic E-state index is -0.218. The van der Waals surface area contributed by atoms with Crippen LogP contribution in [-0.4, -0.2) is 32.2 Å². The number of anilines is 1. The van der Waals surface area contributed by atoms with Crippen LogP contribution in [0, 0.1) is 0 Å². The summed E-state index contributed by atoms with van der Waals surface area (Å²) in [6.07, 6.45) is 1.72. The van der Waals surface area contributed by atoms with Crippen molar-refractivity contribution in [3.05, 3.63) is 70.7 Å². The Morgan fingerprint density at radius 1 is 1.17 bits per heavy atom. The molecule has 9 heteroatoms. The number of halogens is 2. The Kier molecular flexibility index (Phi) is 7.31. The number of thioether (sulfide) groups is 1. The van der Waals surface area contributed by atoms with Gasteiger partial charge in [0.05, 0.1) is 15.8 Å². The number of carbonyl (C=O) groups excluding carboxylic acids is 2. The Bertz CT molecular complexity index is 1110. The van der Waals surface area contributed by atoms with Gasteiger partial charge in [-0.1, -0.05) is 53.2 Å². The number of allylic oxidation sites excluding steroid dienone is 1. The van der Waals surface area contributed by atoms with Crippen molar-refractivity contribution >= 4 is 52.3 Å². The van der Waals surface area contributed by atoms with Gasteiger partial charge in [-0.2, -0.15) is 0 Å². The summed E-state index contributed by atoms with van der Waals surface area (Å²) in [6.45, 7) is 5.72. The molecular formula is C21H18Cl2N4O2S. The fraction of sp³-hybridized carbons (Fsp3) is 0.143. The lowest BCUT2D eigenvalue weighted by Crippen LogP contribution is -2.15. The van der Waals surface area contributed by atoms with Crippen molar-refractivity contribution < 1.29 is 9.59 Å². The van der Waals surface area contributed by atoms with Gasteiger partial charge in [-0.25, -0.2) is 0 Å².